The van der Waals surface area contributed by atoms with Crippen LogP contribution in [0.1, 0.15) is 22.8 Å². The lowest BCUT2D eigenvalue weighted by Crippen LogP contribution is -2.46. The Bertz CT molecular complexity index is 1360. The molecule has 0 N–H and O–H groups in total. The third-order valence-corrected chi connectivity index (χ3v) is 7.49. The Kier molecular flexibility index (Phi) is 7.04. The Labute approximate surface area is 223 Å². The first-order valence-corrected chi connectivity index (χ1v) is 12.9. The van der Waals surface area contributed by atoms with Crippen molar-refractivity contribution in [1.29, 1.82) is 0 Å². The van der Waals surface area contributed by atoms with Crippen LogP contribution in [0.5, 0.6) is 11.5 Å². The summed E-state index contributed by atoms with van der Waals surface area (Å²) in [6.07, 6.45) is -0.756. The molecule has 0 spiro atoms. The molecule has 2 aliphatic heterocycles. The van der Waals surface area contributed by atoms with Gasteiger partial charge in [-0.3, -0.25) is 0 Å². The Hall–Kier alpha value is -3.42. The third-order valence-electron chi connectivity index (χ3n) is 7.49. The molecule has 4 aromatic rings. The predicted molar refractivity (Wildman–Crippen MR) is 144 cm³/mol. The average molecular weight is 513 g/mol. The molecule has 6 rings (SSSR count). The van der Waals surface area contributed by atoms with Gasteiger partial charge in [0, 0.05) is 0 Å². The van der Waals surface area contributed by atoms with Crippen molar-refractivity contribution in [1.82, 2.24) is 0 Å². The van der Waals surface area contributed by atoms with Crippen LogP contribution in [0.3, 0.4) is 0 Å². The SMILES string of the molecule is COc1ccc(COC[C@@]23CO[C@H]([C@H](c4cccc5ccccc45)O2)[C@@H]3OCc2ccc(OC)cc2)cc1. The second-order valence-corrected chi connectivity index (χ2v) is 9.87. The zero-order chi connectivity index (χ0) is 26.0. The van der Waals surface area contributed by atoms with E-state index in [1.165, 1.54) is 10.8 Å². The summed E-state index contributed by atoms with van der Waals surface area (Å²) in [5.41, 5.74) is 2.54. The van der Waals surface area contributed by atoms with Crippen LogP contribution in [0, 0.1) is 0 Å². The molecule has 2 fully saturated rings. The van der Waals surface area contributed by atoms with Crippen molar-refractivity contribution in [3.8, 4) is 11.5 Å². The summed E-state index contributed by atoms with van der Waals surface area (Å²) in [6, 6.07) is 30.5. The van der Waals surface area contributed by atoms with E-state index in [0.717, 1.165) is 28.2 Å². The van der Waals surface area contributed by atoms with Crippen molar-refractivity contribution >= 4 is 10.8 Å². The highest BCUT2D eigenvalue weighted by molar-refractivity contribution is 5.86. The van der Waals surface area contributed by atoms with Gasteiger partial charge in [-0.05, 0) is 51.7 Å². The Morgan fingerprint density at radius 2 is 1.42 bits per heavy atom. The van der Waals surface area contributed by atoms with Gasteiger partial charge in [0.15, 0.2) is 0 Å². The van der Waals surface area contributed by atoms with Crippen molar-refractivity contribution in [2.24, 2.45) is 0 Å². The van der Waals surface area contributed by atoms with Gasteiger partial charge in [-0.1, -0.05) is 66.7 Å². The highest BCUT2D eigenvalue weighted by Crippen LogP contribution is 2.50. The molecular weight excluding hydrogens is 480 g/mol. The van der Waals surface area contributed by atoms with Gasteiger partial charge in [0.1, 0.15) is 35.4 Å². The minimum atomic E-state index is -0.703. The molecule has 6 heteroatoms. The largest absolute Gasteiger partial charge is 0.497 e. The van der Waals surface area contributed by atoms with Gasteiger partial charge in [0.05, 0.1) is 40.6 Å². The van der Waals surface area contributed by atoms with E-state index in [4.69, 9.17) is 28.4 Å². The van der Waals surface area contributed by atoms with E-state index in [1.807, 2.05) is 48.5 Å². The third kappa shape index (κ3) is 4.76. The Morgan fingerprint density at radius 1 is 0.763 bits per heavy atom. The van der Waals surface area contributed by atoms with E-state index in [2.05, 4.69) is 42.5 Å². The minimum Gasteiger partial charge on any atom is -0.497 e. The molecule has 0 saturated carbocycles. The van der Waals surface area contributed by atoms with Gasteiger partial charge in [-0.2, -0.15) is 0 Å². The van der Waals surface area contributed by atoms with E-state index in [0.29, 0.717) is 26.4 Å². The highest BCUT2D eigenvalue weighted by Gasteiger charge is 2.63. The van der Waals surface area contributed by atoms with Gasteiger partial charge in [0.25, 0.3) is 0 Å². The Balaban J connectivity index is 1.24. The second kappa shape index (κ2) is 10.8. The molecule has 0 radical (unpaired) electrons. The molecule has 0 aromatic heterocycles. The zero-order valence-electron chi connectivity index (χ0n) is 21.7. The summed E-state index contributed by atoms with van der Waals surface area (Å²) in [7, 11) is 3.33. The first kappa shape index (κ1) is 24.9. The molecule has 2 bridgehead atoms. The van der Waals surface area contributed by atoms with Crippen molar-refractivity contribution in [3.05, 3.63) is 108 Å². The van der Waals surface area contributed by atoms with Gasteiger partial charge in [-0.25, -0.2) is 0 Å². The van der Waals surface area contributed by atoms with Crippen LogP contribution in [0.25, 0.3) is 10.8 Å². The summed E-state index contributed by atoms with van der Waals surface area (Å²) in [5, 5.41) is 2.34. The van der Waals surface area contributed by atoms with Gasteiger partial charge in [0.2, 0.25) is 0 Å². The number of fused-ring (bicyclic) bond motifs is 3. The van der Waals surface area contributed by atoms with Crippen LogP contribution >= 0.6 is 0 Å². The van der Waals surface area contributed by atoms with Crippen LogP contribution in [0.15, 0.2) is 91.0 Å². The standard InChI is InChI=1S/C32H32O6/c1-33-25-14-10-22(11-15-25)18-35-20-32-21-37-30(31(32)36-19-23-12-16-26(34-2)17-13-23)29(38-32)28-9-5-7-24-6-3-4-8-27(24)28/h3-17,29-31H,18-21H2,1-2H3/t29-,30+,31-,32-/m0/s1. The molecule has 6 nitrogen and oxygen atoms in total. The maximum Gasteiger partial charge on any atom is 0.144 e. The smallest absolute Gasteiger partial charge is 0.144 e. The number of hydrogen-bond donors (Lipinski definition) is 0. The van der Waals surface area contributed by atoms with Crippen molar-refractivity contribution < 1.29 is 28.4 Å². The lowest BCUT2D eigenvalue weighted by atomic mass is 9.94. The maximum absolute atomic E-state index is 6.84. The van der Waals surface area contributed by atoms with Crippen LogP contribution in [-0.4, -0.2) is 45.2 Å². The van der Waals surface area contributed by atoms with Crippen LogP contribution in [-0.2, 0) is 32.2 Å². The molecule has 2 aliphatic rings. The molecule has 4 atom stereocenters. The van der Waals surface area contributed by atoms with E-state index in [1.54, 1.807) is 14.2 Å². The number of methoxy groups -OCH3 is 2. The zero-order valence-corrected chi connectivity index (χ0v) is 21.7. The number of rotatable bonds is 10. The summed E-state index contributed by atoms with van der Waals surface area (Å²) >= 11 is 0. The predicted octanol–water partition coefficient (Wildman–Crippen LogP) is 5.87. The molecule has 2 saturated heterocycles. The quantitative estimate of drug-likeness (QED) is 0.265. The fraction of sp³-hybridized carbons (Fsp3) is 0.312. The van der Waals surface area contributed by atoms with Crippen LogP contribution < -0.4 is 9.47 Å². The summed E-state index contributed by atoms with van der Waals surface area (Å²) in [5.74, 6) is 1.64. The van der Waals surface area contributed by atoms with E-state index in [-0.39, 0.29) is 18.3 Å². The van der Waals surface area contributed by atoms with E-state index >= 15 is 0 Å². The number of benzene rings is 4. The molecule has 2 heterocycles. The monoisotopic (exact) mass is 512 g/mol. The molecule has 196 valence electrons. The highest BCUT2D eigenvalue weighted by atomic mass is 16.7. The van der Waals surface area contributed by atoms with Gasteiger partial charge >= 0.3 is 0 Å². The Morgan fingerprint density at radius 3 is 2.13 bits per heavy atom. The normalized spacial score (nSPS) is 24.1. The fourth-order valence-corrected chi connectivity index (χ4v) is 5.49. The van der Waals surface area contributed by atoms with E-state index < -0.39 is 5.60 Å². The van der Waals surface area contributed by atoms with Crippen molar-refractivity contribution in [3.63, 3.8) is 0 Å². The first-order valence-electron chi connectivity index (χ1n) is 12.9. The fourth-order valence-electron chi connectivity index (χ4n) is 5.49. The molecular formula is C32H32O6. The molecule has 0 aliphatic carbocycles. The molecule has 38 heavy (non-hydrogen) atoms. The lowest BCUT2D eigenvalue weighted by Gasteiger charge is -2.31. The van der Waals surface area contributed by atoms with Gasteiger partial charge < -0.3 is 28.4 Å². The van der Waals surface area contributed by atoms with Crippen LogP contribution in [0.4, 0.5) is 0 Å². The topological polar surface area (TPSA) is 55.4 Å². The van der Waals surface area contributed by atoms with Gasteiger partial charge in [-0.15, -0.1) is 0 Å². The number of hydrogen-bond acceptors (Lipinski definition) is 6. The molecule has 0 unspecified atom stereocenters. The summed E-state index contributed by atoms with van der Waals surface area (Å²) < 4.78 is 36.6. The average Bonchev–Trinajstić information content (AvgIpc) is 3.48. The van der Waals surface area contributed by atoms with Crippen molar-refractivity contribution in [2.75, 3.05) is 27.4 Å². The summed E-state index contributed by atoms with van der Waals surface area (Å²) in [4.78, 5) is 0. The molecule has 4 aromatic carbocycles. The second-order valence-electron chi connectivity index (χ2n) is 9.87. The lowest BCUT2D eigenvalue weighted by molar-refractivity contribution is -0.175. The minimum absolute atomic E-state index is 0.233. The van der Waals surface area contributed by atoms with E-state index in [9.17, 15) is 0 Å². The first-order chi connectivity index (χ1) is 18.7. The van der Waals surface area contributed by atoms with Crippen molar-refractivity contribution in [2.45, 2.75) is 37.1 Å². The maximum atomic E-state index is 6.84. The van der Waals surface area contributed by atoms with Crippen LogP contribution in [0.2, 0.25) is 0 Å². The number of ether oxygens (including phenoxy) is 6. The molecule has 0 amide bonds. The summed E-state index contributed by atoms with van der Waals surface area (Å²) in [6.45, 7) is 1.70.